The molecule has 12 nitrogen and oxygen atoms in total. The molecule has 16 heteroatoms. The Morgan fingerprint density at radius 1 is 1.33 bits per heavy atom. The maximum atomic E-state index is 12.8. The Bertz CT molecular complexity index is 1040. The molecule has 2 amide bonds. The van der Waals surface area contributed by atoms with Gasteiger partial charge >= 0.3 is 29.6 Å². The number of piperazine rings is 1. The largest absolute Gasteiger partial charge is 1.00 e. The van der Waals surface area contributed by atoms with Gasteiger partial charge in [-0.25, -0.2) is 29.4 Å². The van der Waals surface area contributed by atoms with Gasteiger partial charge in [-0.3, -0.25) is 9.59 Å². The van der Waals surface area contributed by atoms with Gasteiger partial charge in [-0.15, -0.1) is 0 Å². The number of fused-ring (bicyclic) bond motifs is 1. The summed E-state index contributed by atoms with van der Waals surface area (Å²) in [4.78, 5) is 24.7. The number of hydrogen-bond acceptors (Lipinski definition) is 10. The fraction of sp³-hybridized carbons (Fsp3) is 0.714. The van der Waals surface area contributed by atoms with Crippen molar-refractivity contribution in [2.75, 3.05) is 25.4 Å². The molecule has 2 rings (SSSR count). The van der Waals surface area contributed by atoms with Crippen molar-refractivity contribution in [3.8, 4) is 0 Å². The van der Waals surface area contributed by atoms with E-state index in [0.29, 0.717) is 12.3 Å². The molecule has 166 valence electrons. The molecule has 0 aromatic carbocycles. The van der Waals surface area contributed by atoms with Crippen LogP contribution in [0.2, 0.25) is 0 Å². The van der Waals surface area contributed by atoms with Gasteiger partial charge in [0, 0.05) is 25.0 Å². The molecular formula is C14H21N2NaO10S3. The molecule has 0 radical (unpaired) electrons. The molecule has 0 aromatic rings. The summed E-state index contributed by atoms with van der Waals surface area (Å²) < 4.78 is 85.9. The first kappa shape index (κ1) is 27.5. The van der Waals surface area contributed by atoms with E-state index in [0.717, 1.165) is 4.90 Å². The number of amides is 2. The summed E-state index contributed by atoms with van der Waals surface area (Å²) in [6, 6.07) is -0.826. The summed E-state index contributed by atoms with van der Waals surface area (Å²) >= 11 is 0. The Morgan fingerprint density at radius 3 is 2.40 bits per heavy atom. The van der Waals surface area contributed by atoms with Gasteiger partial charge in [0.25, 0.3) is 10.8 Å². The molecule has 0 spiro atoms. The molecule has 0 bridgehead atoms. The van der Waals surface area contributed by atoms with Crippen LogP contribution in [0, 0.1) is 0 Å². The number of nitrogens with zero attached hydrogens (tertiary/aromatic N) is 2. The number of hydrogen-bond donors (Lipinski definition) is 0. The molecule has 3 atom stereocenters. The Kier molecular flexibility index (Phi) is 8.37. The minimum Gasteiger partial charge on any atom is -0.725 e. The molecule has 30 heavy (non-hydrogen) atoms. The van der Waals surface area contributed by atoms with E-state index in [1.165, 1.54) is 11.8 Å². The van der Waals surface area contributed by atoms with Crippen molar-refractivity contribution in [3.05, 3.63) is 12.0 Å². The third kappa shape index (κ3) is 5.26. The number of rotatable bonds is 5. The molecule has 0 N–H and O–H groups in total. The second-order valence-electron chi connectivity index (χ2n) is 6.88. The first-order valence-corrected chi connectivity index (χ1v) is 13.0. The van der Waals surface area contributed by atoms with E-state index in [4.69, 9.17) is 0 Å². The topological polar surface area (TPSA) is 175 Å². The summed E-state index contributed by atoms with van der Waals surface area (Å²) in [7, 11) is -13.9. The summed E-state index contributed by atoms with van der Waals surface area (Å²) in [6.45, 7) is 4.60. The summed E-state index contributed by atoms with van der Waals surface area (Å²) in [5, 5.41) is -0.740. The Morgan fingerprint density at radius 2 is 1.90 bits per heavy atom. The van der Waals surface area contributed by atoms with Gasteiger partial charge < -0.3 is 14.4 Å². The van der Waals surface area contributed by atoms with E-state index in [9.17, 15) is 39.4 Å². The second kappa shape index (κ2) is 9.13. The summed E-state index contributed by atoms with van der Waals surface area (Å²) in [5.74, 6) is -2.63. The van der Waals surface area contributed by atoms with Crippen LogP contribution in [0.3, 0.4) is 0 Å². The standard InChI is InChI=1S/C14H22N2O10S3.Na/c1-4-27(19,20)10(2)12(17)15-6-7-16-11(9-15)5-8-28(21,22)14(3,13(16)18)26-29(23,24)25;/h4,10-11H,1,5-9H2,2-3H3,(H,23,24,25);/q;+1/p-1. The zero-order valence-electron chi connectivity index (χ0n) is 16.7. The van der Waals surface area contributed by atoms with Crippen molar-refractivity contribution in [2.45, 2.75) is 36.5 Å². The molecule has 2 fully saturated rings. The minimum absolute atomic E-state index is 0. The van der Waals surface area contributed by atoms with Crippen molar-refractivity contribution in [2.24, 2.45) is 0 Å². The quantitative estimate of drug-likeness (QED) is 0.203. The fourth-order valence-corrected chi connectivity index (χ4v) is 6.47. The smallest absolute Gasteiger partial charge is 0.725 e. The van der Waals surface area contributed by atoms with Crippen LogP contribution in [0.1, 0.15) is 20.3 Å². The number of sulfone groups is 2. The molecular weight excluding hydrogens is 475 g/mol. The Hall–Kier alpha value is -0.550. The third-order valence-electron chi connectivity index (χ3n) is 5.09. The molecule has 2 saturated heterocycles. The predicted octanol–water partition coefficient (Wildman–Crippen LogP) is -5.01. The second-order valence-corrected chi connectivity index (χ2v) is 12.5. The van der Waals surface area contributed by atoms with E-state index in [2.05, 4.69) is 10.8 Å². The first-order valence-electron chi connectivity index (χ1n) is 8.40. The van der Waals surface area contributed by atoms with Gasteiger partial charge in [0.05, 0.1) is 11.8 Å². The van der Waals surface area contributed by atoms with Gasteiger partial charge in [0.1, 0.15) is 5.25 Å². The van der Waals surface area contributed by atoms with Gasteiger partial charge in [-0.1, -0.05) is 6.58 Å². The van der Waals surface area contributed by atoms with Crippen LogP contribution in [-0.2, 0) is 43.8 Å². The van der Waals surface area contributed by atoms with Gasteiger partial charge in [0.15, 0.2) is 19.7 Å². The monoisotopic (exact) mass is 496 g/mol. The van der Waals surface area contributed by atoms with Crippen LogP contribution in [0.4, 0.5) is 0 Å². The molecule has 2 heterocycles. The SMILES string of the molecule is C=CS(=O)(=O)C(C)C(=O)N1CCN2C(=O)C(C)(OS(=O)(=O)[O-])S(=O)(=O)CCC2C1.[Na+]. The Labute approximate surface area is 197 Å². The van der Waals surface area contributed by atoms with Crippen LogP contribution in [0.5, 0.6) is 0 Å². The maximum absolute atomic E-state index is 12.8. The summed E-state index contributed by atoms with van der Waals surface area (Å²) in [6.07, 6.45) is -0.154. The van der Waals surface area contributed by atoms with Gasteiger partial charge in [-0.05, 0) is 20.3 Å². The molecule has 3 unspecified atom stereocenters. The van der Waals surface area contributed by atoms with Crippen molar-refractivity contribution in [1.82, 2.24) is 9.80 Å². The zero-order chi connectivity index (χ0) is 22.4. The van der Waals surface area contributed by atoms with Gasteiger partial charge in [0.2, 0.25) is 16.3 Å². The van der Waals surface area contributed by atoms with E-state index in [1.807, 2.05) is 0 Å². The number of carbonyl (C=O) groups is 2. The average Bonchev–Trinajstić information content (AvgIpc) is 2.68. The molecule has 0 saturated carbocycles. The fourth-order valence-electron chi connectivity index (χ4n) is 3.27. The van der Waals surface area contributed by atoms with Crippen molar-refractivity contribution in [1.29, 1.82) is 0 Å². The predicted molar refractivity (Wildman–Crippen MR) is 98.3 cm³/mol. The van der Waals surface area contributed by atoms with E-state index in [1.54, 1.807) is 0 Å². The molecule has 2 aliphatic rings. The van der Waals surface area contributed by atoms with Crippen LogP contribution in [0.15, 0.2) is 12.0 Å². The minimum atomic E-state index is -5.51. The first-order chi connectivity index (χ1) is 13.1. The van der Waals surface area contributed by atoms with Crippen molar-refractivity contribution >= 4 is 41.9 Å². The van der Waals surface area contributed by atoms with E-state index >= 15 is 0 Å². The van der Waals surface area contributed by atoms with Crippen molar-refractivity contribution in [3.63, 3.8) is 0 Å². The van der Waals surface area contributed by atoms with Crippen LogP contribution >= 0.6 is 0 Å². The van der Waals surface area contributed by atoms with E-state index in [-0.39, 0.29) is 55.6 Å². The van der Waals surface area contributed by atoms with Crippen LogP contribution in [-0.4, -0.2) is 93.0 Å². The van der Waals surface area contributed by atoms with Crippen LogP contribution < -0.4 is 29.6 Å². The molecule has 0 aromatic heterocycles. The molecule has 0 aliphatic carbocycles. The Balaban J connectivity index is 0.00000450. The van der Waals surface area contributed by atoms with Gasteiger partial charge in [-0.2, -0.15) is 0 Å². The average molecular weight is 497 g/mol. The third-order valence-corrected chi connectivity index (χ3v) is 9.60. The molecule has 2 aliphatic heterocycles. The number of carbonyl (C=O) groups excluding carboxylic acids is 2. The normalized spacial score (nSPS) is 28.0. The van der Waals surface area contributed by atoms with Crippen LogP contribution in [0.25, 0.3) is 0 Å². The van der Waals surface area contributed by atoms with Crippen molar-refractivity contribution < 1.29 is 73.1 Å². The maximum Gasteiger partial charge on any atom is 1.00 e. The summed E-state index contributed by atoms with van der Waals surface area (Å²) in [5.41, 5.74) is 0. The zero-order valence-corrected chi connectivity index (χ0v) is 21.1. The van der Waals surface area contributed by atoms with E-state index < -0.39 is 63.9 Å².